The van der Waals surface area contributed by atoms with Crippen molar-refractivity contribution >= 4 is 38.5 Å². The van der Waals surface area contributed by atoms with Crippen LogP contribution in [-0.4, -0.2) is 0 Å². The van der Waals surface area contributed by atoms with E-state index >= 15 is 0 Å². The quantitative estimate of drug-likeness (QED) is 0.594. The van der Waals surface area contributed by atoms with Crippen LogP contribution in [0, 0.1) is 0 Å². The van der Waals surface area contributed by atoms with Gasteiger partial charge >= 0.3 is 5.63 Å². The van der Waals surface area contributed by atoms with E-state index in [1.54, 1.807) is 24.3 Å². The van der Waals surface area contributed by atoms with E-state index in [0.29, 0.717) is 16.2 Å². The zero-order chi connectivity index (χ0) is 13.4. The average molecular weight is 336 g/mol. The molecule has 0 unspecified atom stereocenters. The fraction of sp³-hybridized carbons (Fsp3) is 0. The van der Waals surface area contributed by atoms with E-state index < -0.39 is 0 Å². The molecular weight excluding hydrogens is 328 g/mol. The Morgan fingerprint density at radius 2 is 1.79 bits per heavy atom. The van der Waals surface area contributed by atoms with Crippen LogP contribution in [0.25, 0.3) is 22.1 Å². The first kappa shape index (κ1) is 12.5. The summed E-state index contributed by atoms with van der Waals surface area (Å²) in [7, 11) is 0. The van der Waals surface area contributed by atoms with E-state index in [1.165, 1.54) is 0 Å². The van der Waals surface area contributed by atoms with Gasteiger partial charge in [0.25, 0.3) is 0 Å². The number of fused-ring (bicyclic) bond motifs is 1. The Balaban J connectivity index is 2.30. The molecule has 0 saturated carbocycles. The Hall–Kier alpha value is -1.58. The van der Waals surface area contributed by atoms with Gasteiger partial charge in [-0.1, -0.05) is 51.8 Å². The summed E-state index contributed by atoms with van der Waals surface area (Å²) in [4.78, 5) is 12.1. The van der Waals surface area contributed by atoms with Crippen LogP contribution in [0.3, 0.4) is 0 Å². The van der Waals surface area contributed by atoms with Gasteiger partial charge in [-0.2, -0.15) is 0 Å². The highest BCUT2D eigenvalue weighted by molar-refractivity contribution is 9.10. The molecule has 1 aromatic heterocycles. The number of benzene rings is 2. The summed E-state index contributed by atoms with van der Waals surface area (Å²) >= 11 is 9.32. The molecule has 4 heteroatoms. The molecule has 0 N–H and O–H groups in total. The fourth-order valence-electron chi connectivity index (χ4n) is 1.96. The summed E-state index contributed by atoms with van der Waals surface area (Å²) in [5.74, 6) is 0. The second-order valence-electron chi connectivity index (χ2n) is 4.11. The van der Waals surface area contributed by atoms with Crippen molar-refractivity contribution in [1.29, 1.82) is 0 Å². The maximum atomic E-state index is 12.1. The van der Waals surface area contributed by atoms with Crippen LogP contribution in [0.2, 0.25) is 5.02 Å². The third kappa shape index (κ3) is 2.31. The molecule has 3 aromatic rings. The van der Waals surface area contributed by atoms with Gasteiger partial charge in [-0.25, -0.2) is 4.79 Å². The molecule has 0 atom stereocenters. The molecular formula is C15H8BrClO2. The number of rotatable bonds is 1. The third-order valence-electron chi connectivity index (χ3n) is 2.86. The second kappa shape index (κ2) is 4.83. The number of hydrogen-bond acceptors (Lipinski definition) is 2. The van der Waals surface area contributed by atoms with Crippen LogP contribution in [0.5, 0.6) is 0 Å². The summed E-state index contributed by atoms with van der Waals surface area (Å²) in [5.41, 5.74) is 1.51. The van der Waals surface area contributed by atoms with Gasteiger partial charge < -0.3 is 4.42 Å². The van der Waals surface area contributed by atoms with Crippen molar-refractivity contribution in [3.8, 4) is 11.1 Å². The number of halogens is 2. The van der Waals surface area contributed by atoms with E-state index in [-0.39, 0.29) is 5.63 Å². The summed E-state index contributed by atoms with van der Waals surface area (Å²) in [6, 6.07) is 14.6. The van der Waals surface area contributed by atoms with Crippen LogP contribution < -0.4 is 5.63 Å². The molecule has 0 aliphatic rings. The molecule has 0 fully saturated rings. The van der Waals surface area contributed by atoms with Crippen molar-refractivity contribution in [2.24, 2.45) is 0 Å². The van der Waals surface area contributed by atoms with Gasteiger partial charge in [-0.3, -0.25) is 0 Å². The Kier molecular flexibility index (Phi) is 3.17. The van der Waals surface area contributed by atoms with Gasteiger partial charge in [0.15, 0.2) is 0 Å². The van der Waals surface area contributed by atoms with Crippen molar-refractivity contribution in [2.75, 3.05) is 0 Å². The summed E-state index contributed by atoms with van der Waals surface area (Å²) in [6.07, 6.45) is 0. The standard InChI is InChI=1S/C15H8BrClO2/c16-13-8-10(17)5-6-11(13)12-7-9-3-1-2-4-14(9)19-15(12)18/h1-8H. The number of para-hydroxylation sites is 1. The second-order valence-corrected chi connectivity index (χ2v) is 5.40. The average Bonchev–Trinajstić information content (AvgIpc) is 2.38. The third-order valence-corrected chi connectivity index (χ3v) is 3.75. The lowest BCUT2D eigenvalue weighted by atomic mass is 10.1. The largest absolute Gasteiger partial charge is 0.422 e. The minimum Gasteiger partial charge on any atom is -0.422 e. The van der Waals surface area contributed by atoms with E-state index in [0.717, 1.165) is 15.4 Å². The van der Waals surface area contributed by atoms with Crippen molar-refractivity contribution < 1.29 is 4.42 Å². The Labute approximate surface area is 122 Å². The minimum absolute atomic E-state index is 0.360. The topological polar surface area (TPSA) is 30.2 Å². The molecule has 2 aromatic carbocycles. The monoisotopic (exact) mass is 334 g/mol. The Bertz CT molecular complexity index is 824. The predicted molar refractivity (Wildman–Crippen MR) is 80.6 cm³/mol. The van der Waals surface area contributed by atoms with E-state index in [2.05, 4.69) is 15.9 Å². The molecule has 0 saturated heterocycles. The molecule has 3 rings (SSSR count). The van der Waals surface area contributed by atoms with Gasteiger partial charge in [0.2, 0.25) is 0 Å². The van der Waals surface area contributed by atoms with Crippen LogP contribution in [-0.2, 0) is 0 Å². The summed E-state index contributed by atoms with van der Waals surface area (Å²) < 4.78 is 6.09. The minimum atomic E-state index is -0.360. The highest BCUT2D eigenvalue weighted by Gasteiger charge is 2.10. The molecule has 94 valence electrons. The maximum Gasteiger partial charge on any atom is 0.344 e. The summed E-state index contributed by atoms with van der Waals surface area (Å²) in [6.45, 7) is 0. The van der Waals surface area contributed by atoms with Crippen molar-refractivity contribution in [3.63, 3.8) is 0 Å². The maximum absolute atomic E-state index is 12.1. The normalized spacial score (nSPS) is 10.8. The lowest BCUT2D eigenvalue weighted by Gasteiger charge is -2.05. The molecule has 0 amide bonds. The molecule has 1 heterocycles. The highest BCUT2D eigenvalue weighted by atomic mass is 79.9. The van der Waals surface area contributed by atoms with Gasteiger partial charge in [0.05, 0.1) is 5.56 Å². The smallest absolute Gasteiger partial charge is 0.344 e. The molecule has 19 heavy (non-hydrogen) atoms. The van der Waals surface area contributed by atoms with Gasteiger partial charge in [-0.15, -0.1) is 0 Å². The highest BCUT2D eigenvalue weighted by Crippen LogP contribution is 2.30. The fourth-order valence-corrected chi connectivity index (χ4v) is 2.85. The van der Waals surface area contributed by atoms with Crippen LogP contribution in [0.4, 0.5) is 0 Å². The van der Waals surface area contributed by atoms with E-state index in [9.17, 15) is 4.79 Å². The molecule has 0 aliphatic heterocycles. The van der Waals surface area contributed by atoms with Gasteiger partial charge in [-0.05, 0) is 24.3 Å². The predicted octanol–water partition coefficient (Wildman–Crippen LogP) is 4.88. The molecule has 0 spiro atoms. The van der Waals surface area contributed by atoms with Crippen molar-refractivity contribution in [1.82, 2.24) is 0 Å². The van der Waals surface area contributed by atoms with Crippen molar-refractivity contribution in [2.45, 2.75) is 0 Å². The zero-order valence-electron chi connectivity index (χ0n) is 9.69. The molecule has 0 radical (unpaired) electrons. The number of hydrogen-bond donors (Lipinski definition) is 0. The van der Waals surface area contributed by atoms with Crippen LogP contribution >= 0.6 is 27.5 Å². The Morgan fingerprint density at radius 1 is 1.00 bits per heavy atom. The van der Waals surface area contributed by atoms with E-state index in [1.807, 2.05) is 24.3 Å². The van der Waals surface area contributed by atoms with Gasteiger partial charge in [0, 0.05) is 20.4 Å². The van der Waals surface area contributed by atoms with Crippen LogP contribution in [0.15, 0.2) is 62.2 Å². The lowest BCUT2D eigenvalue weighted by molar-refractivity contribution is 0.563. The lowest BCUT2D eigenvalue weighted by Crippen LogP contribution is -2.02. The Morgan fingerprint density at radius 3 is 2.58 bits per heavy atom. The van der Waals surface area contributed by atoms with E-state index in [4.69, 9.17) is 16.0 Å². The first-order valence-electron chi connectivity index (χ1n) is 5.63. The molecule has 0 bridgehead atoms. The van der Waals surface area contributed by atoms with Crippen molar-refractivity contribution in [3.05, 3.63) is 68.4 Å². The first-order valence-corrected chi connectivity index (χ1v) is 6.80. The zero-order valence-corrected chi connectivity index (χ0v) is 12.0. The summed E-state index contributed by atoms with van der Waals surface area (Å²) in [5, 5.41) is 1.50. The molecule has 0 aliphatic carbocycles. The molecule has 2 nitrogen and oxygen atoms in total. The van der Waals surface area contributed by atoms with Gasteiger partial charge in [0.1, 0.15) is 5.58 Å². The first-order chi connectivity index (χ1) is 9.15. The van der Waals surface area contributed by atoms with Crippen LogP contribution in [0.1, 0.15) is 0 Å². The SMILES string of the molecule is O=c1oc2ccccc2cc1-c1ccc(Cl)cc1Br.